The van der Waals surface area contributed by atoms with Crippen LogP contribution in [0.15, 0.2) is 28.7 Å². The minimum Gasteiger partial charge on any atom is -0.487 e. The molecule has 0 saturated heterocycles. The summed E-state index contributed by atoms with van der Waals surface area (Å²) in [6.07, 6.45) is 0. The van der Waals surface area contributed by atoms with E-state index >= 15 is 0 Å². The zero-order valence-corrected chi connectivity index (χ0v) is 14.6. The lowest BCUT2D eigenvalue weighted by Gasteiger charge is -2.18. The van der Waals surface area contributed by atoms with Crippen LogP contribution in [0.1, 0.15) is 36.8 Å². The van der Waals surface area contributed by atoms with E-state index in [9.17, 15) is 0 Å². The van der Waals surface area contributed by atoms with Gasteiger partial charge in [0.2, 0.25) is 0 Å². The summed E-state index contributed by atoms with van der Waals surface area (Å²) in [7, 11) is 1.94. The van der Waals surface area contributed by atoms with Crippen LogP contribution >= 0.6 is 15.9 Å². The lowest BCUT2D eigenvalue weighted by atomic mass is 10.1. The lowest BCUT2D eigenvalue weighted by molar-refractivity contribution is 0.289. The molecular formula is C16H22BrN3O. The number of hydrogen-bond donors (Lipinski definition) is 1. The maximum absolute atomic E-state index is 6.03. The molecule has 4 nitrogen and oxygen atoms in total. The van der Waals surface area contributed by atoms with E-state index in [2.05, 4.69) is 46.3 Å². The van der Waals surface area contributed by atoms with Gasteiger partial charge < -0.3 is 10.1 Å². The second kappa shape index (κ2) is 7.09. The highest BCUT2D eigenvalue weighted by molar-refractivity contribution is 9.10. The van der Waals surface area contributed by atoms with E-state index in [0.717, 1.165) is 28.2 Å². The van der Waals surface area contributed by atoms with Crippen LogP contribution in [0, 0.1) is 6.92 Å². The summed E-state index contributed by atoms with van der Waals surface area (Å²) in [4.78, 5) is 0. The number of rotatable bonds is 6. The SMILES string of the molecule is CCNC(C)c1ccc(Br)cc1OCc1cc(C)nn1C. The normalized spacial score (nSPS) is 12.4. The van der Waals surface area contributed by atoms with Crippen LogP contribution in [-0.4, -0.2) is 16.3 Å². The minimum atomic E-state index is 0.256. The molecule has 1 aromatic heterocycles. The zero-order chi connectivity index (χ0) is 15.4. The van der Waals surface area contributed by atoms with Gasteiger partial charge in [-0.05, 0) is 38.6 Å². The molecule has 21 heavy (non-hydrogen) atoms. The standard InChI is InChI=1S/C16H22BrN3O/c1-5-18-12(3)15-7-6-13(17)9-16(15)21-10-14-8-11(2)19-20(14)4/h6-9,12,18H,5,10H2,1-4H3. The molecule has 0 amide bonds. The third-order valence-electron chi connectivity index (χ3n) is 3.43. The Morgan fingerprint density at radius 3 is 2.76 bits per heavy atom. The van der Waals surface area contributed by atoms with Gasteiger partial charge in [0.1, 0.15) is 12.4 Å². The molecule has 1 aromatic carbocycles. The van der Waals surface area contributed by atoms with E-state index in [4.69, 9.17) is 4.74 Å². The van der Waals surface area contributed by atoms with Crippen molar-refractivity contribution in [1.82, 2.24) is 15.1 Å². The Hall–Kier alpha value is -1.33. The number of nitrogens with zero attached hydrogens (tertiary/aromatic N) is 2. The highest BCUT2D eigenvalue weighted by atomic mass is 79.9. The average Bonchev–Trinajstić information content (AvgIpc) is 2.75. The van der Waals surface area contributed by atoms with Crippen LogP contribution in [0.2, 0.25) is 0 Å². The van der Waals surface area contributed by atoms with Gasteiger partial charge in [-0.25, -0.2) is 0 Å². The summed E-state index contributed by atoms with van der Waals surface area (Å²) in [5.41, 5.74) is 3.24. The predicted molar refractivity (Wildman–Crippen MR) is 88.5 cm³/mol. The molecule has 0 spiro atoms. The van der Waals surface area contributed by atoms with Crippen molar-refractivity contribution >= 4 is 15.9 Å². The van der Waals surface area contributed by atoms with Crippen molar-refractivity contribution in [3.8, 4) is 5.75 Å². The van der Waals surface area contributed by atoms with Gasteiger partial charge in [0.15, 0.2) is 0 Å². The Morgan fingerprint density at radius 2 is 2.14 bits per heavy atom. The van der Waals surface area contributed by atoms with Crippen LogP contribution in [0.25, 0.3) is 0 Å². The Labute approximate surface area is 134 Å². The van der Waals surface area contributed by atoms with Gasteiger partial charge >= 0.3 is 0 Å². The quantitative estimate of drug-likeness (QED) is 0.861. The van der Waals surface area contributed by atoms with Crippen LogP contribution in [0.4, 0.5) is 0 Å². The summed E-state index contributed by atoms with van der Waals surface area (Å²) < 4.78 is 8.92. The number of halogens is 1. The highest BCUT2D eigenvalue weighted by Gasteiger charge is 2.12. The molecule has 1 N–H and O–H groups in total. The fourth-order valence-electron chi connectivity index (χ4n) is 2.36. The summed E-state index contributed by atoms with van der Waals surface area (Å²) >= 11 is 3.51. The van der Waals surface area contributed by atoms with Crippen molar-refractivity contribution in [2.75, 3.05) is 6.54 Å². The summed E-state index contributed by atoms with van der Waals surface area (Å²) in [6, 6.07) is 8.47. The molecule has 5 heteroatoms. The molecule has 2 rings (SSSR count). The predicted octanol–water partition coefficient (Wildman–Crippen LogP) is 3.74. The largest absolute Gasteiger partial charge is 0.487 e. The van der Waals surface area contributed by atoms with Gasteiger partial charge in [-0.1, -0.05) is 28.9 Å². The average molecular weight is 352 g/mol. The molecule has 0 bridgehead atoms. The first-order chi connectivity index (χ1) is 10.0. The summed E-state index contributed by atoms with van der Waals surface area (Å²) in [5, 5.41) is 7.77. The number of nitrogens with one attached hydrogen (secondary N) is 1. The van der Waals surface area contributed by atoms with Crippen LogP contribution in [0.3, 0.4) is 0 Å². The minimum absolute atomic E-state index is 0.256. The number of aromatic nitrogens is 2. The van der Waals surface area contributed by atoms with Crippen molar-refractivity contribution < 1.29 is 4.74 Å². The van der Waals surface area contributed by atoms with Gasteiger partial charge in [0.05, 0.1) is 11.4 Å². The molecule has 0 radical (unpaired) electrons. The third-order valence-corrected chi connectivity index (χ3v) is 3.92. The Kier molecular flexibility index (Phi) is 5.42. The lowest BCUT2D eigenvalue weighted by Crippen LogP contribution is -2.18. The third kappa shape index (κ3) is 4.08. The van der Waals surface area contributed by atoms with Crippen molar-refractivity contribution in [2.45, 2.75) is 33.4 Å². The second-order valence-corrected chi connectivity index (χ2v) is 6.07. The first kappa shape index (κ1) is 16.0. The molecule has 2 aromatic rings. The Bertz CT molecular complexity index is 610. The van der Waals surface area contributed by atoms with E-state index in [1.807, 2.05) is 36.9 Å². The summed E-state index contributed by atoms with van der Waals surface area (Å²) in [6.45, 7) is 7.68. The van der Waals surface area contributed by atoms with Crippen molar-refractivity contribution in [3.63, 3.8) is 0 Å². The van der Waals surface area contributed by atoms with Crippen LogP contribution in [0.5, 0.6) is 5.75 Å². The van der Waals surface area contributed by atoms with Crippen LogP contribution in [-0.2, 0) is 13.7 Å². The van der Waals surface area contributed by atoms with Crippen molar-refractivity contribution in [2.24, 2.45) is 7.05 Å². The molecule has 0 aliphatic rings. The van der Waals surface area contributed by atoms with Gasteiger partial charge in [0, 0.05) is 23.1 Å². The van der Waals surface area contributed by atoms with Crippen molar-refractivity contribution in [1.29, 1.82) is 0 Å². The molecule has 0 saturated carbocycles. The number of benzene rings is 1. The molecule has 114 valence electrons. The smallest absolute Gasteiger partial charge is 0.130 e. The number of aryl methyl sites for hydroxylation is 2. The molecule has 1 unspecified atom stereocenters. The van der Waals surface area contributed by atoms with E-state index in [0.29, 0.717) is 6.61 Å². The molecule has 0 fully saturated rings. The first-order valence-electron chi connectivity index (χ1n) is 7.16. The maximum atomic E-state index is 6.03. The first-order valence-corrected chi connectivity index (χ1v) is 7.95. The van der Waals surface area contributed by atoms with E-state index in [1.54, 1.807) is 0 Å². The van der Waals surface area contributed by atoms with Crippen LogP contribution < -0.4 is 10.1 Å². The fourth-order valence-corrected chi connectivity index (χ4v) is 2.70. The maximum Gasteiger partial charge on any atom is 0.130 e. The topological polar surface area (TPSA) is 39.1 Å². The molecule has 0 aliphatic heterocycles. The number of hydrogen-bond acceptors (Lipinski definition) is 3. The zero-order valence-electron chi connectivity index (χ0n) is 13.0. The van der Waals surface area contributed by atoms with Gasteiger partial charge in [0.25, 0.3) is 0 Å². The second-order valence-electron chi connectivity index (χ2n) is 5.15. The van der Waals surface area contributed by atoms with Gasteiger partial charge in [-0.3, -0.25) is 4.68 Å². The monoisotopic (exact) mass is 351 g/mol. The molecule has 0 aliphatic carbocycles. The van der Waals surface area contributed by atoms with E-state index in [-0.39, 0.29) is 6.04 Å². The van der Waals surface area contributed by atoms with E-state index in [1.165, 1.54) is 5.56 Å². The number of ether oxygens (including phenoxy) is 1. The molecular weight excluding hydrogens is 330 g/mol. The summed E-state index contributed by atoms with van der Waals surface area (Å²) in [5.74, 6) is 0.900. The van der Waals surface area contributed by atoms with Gasteiger partial charge in [-0.2, -0.15) is 5.10 Å². The van der Waals surface area contributed by atoms with Crippen molar-refractivity contribution in [3.05, 3.63) is 45.7 Å². The fraction of sp³-hybridized carbons (Fsp3) is 0.438. The highest BCUT2D eigenvalue weighted by Crippen LogP contribution is 2.29. The Balaban J connectivity index is 2.18. The van der Waals surface area contributed by atoms with E-state index < -0.39 is 0 Å². The molecule has 1 atom stereocenters. The Morgan fingerprint density at radius 1 is 1.38 bits per heavy atom. The molecule has 1 heterocycles. The van der Waals surface area contributed by atoms with Gasteiger partial charge in [-0.15, -0.1) is 0 Å².